The number of benzene rings is 1. The lowest BCUT2D eigenvalue weighted by molar-refractivity contribution is 0.0916. The summed E-state index contributed by atoms with van der Waals surface area (Å²) >= 11 is 0. The molecular weight excluding hydrogens is 347 g/mol. The van der Waals surface area contributed by atoms with Crippen LogP contribution < -0.4 is 10.6 Å². The SMILES string of the molecule is Cc1noc2nc(-c3ccc(F)cc3)cc(C(=O)NC3CCNCC3C)c12. The van der Waals surface area contributed by atoms with Gasteiger partial charge in [0.1, 0.15) is 5.82 Å². The second kappa shape index (κ2) is 7.08. The van der Waals surface area contributed by atoms with Crippen molar-refractivity contribution in [2.45, 2.75) is 26.3 Å². The van der Waals surface area contributed by atoms with Gasteiger partial charge in [0, 0.05) is 11.6 Å². The van der Waals surface area contributed by atoms with E-state index in [1.165, 1.54) is 12.1 Å². The molecule has 1 fully saturated rings. The number of fused-ring (bicyclic) bond motifs is 1. The van der Waals surface area contributed by atoms with E-state index in [2.05, 4.69) is 27.7 Å². The number of carbonyl (C=O) groups excluding carboxylic acids is 1. The number of nitrogens with one attached hydrogen (secondary N) is 2. The minimum Gasteiger partial charge on any atom is -0.349 e. The summed E-state index contributed by atoms with van der Waals surface area (Å²) in [6, 6.07) is 7.82. The quantitative estimate of drug-likeness (QED) is 0.743. The van der Waals surface area contributed by atoms with E-state index in [9.17, 15) is 9.18 Å². The number of rotatable bonds is 3. The van der Waals surface area contributed by atoms with Gasteiger partial charge in [-0.3, -0.25) is 4.79 Å². The van der Waals surface area contributed by atoms with E-state index in [1.807, 2.05) is 0 Å². The summed E-state index contributed by atoms with van der Waals surface area (Å²) in [6.07, 6.45) is 0.884. The van der Waals surface area contributed by atoms with Crippen LogP contribution >= 0.6 is 0 Å². The van der Waals surface area contributed by atoms with Crippen LogP contribution in [-0.2, 0) is 0 Å². The lowest BCUT2D eigenvalue weighted by Crippen LogP contribution is -2.48. The summed E-state index contributed by atoms with van der Waals surface area (Å²) in [5.74, 6) is -0.149. The molecule has 2 N–H and O–H groups in total. The molecule has 1 amide bonds. The van der Waals surface area contributed by atoms with Gasteiger partial charge in [0.2, 0.25) is 0 Å². The zero-order chi connectivity index (χ0) is 19.0. The van der Waals surface area contributed by atoms with Crippen LogP contribution in [0.4, 0.5) is 4.39 Å². The molecular formula is C20H21FN4O2. The highest BCUT2D eigenvalue weighted by molar-refractivity contribution is 6.07. The summed E-state index contributed by atoms with van der Waals surface area (Å²) < 4.78 is 18.6. The Morgan fingerprint density at radius 2 is 2.11 bits per heavy atom. The fraction of sp³-hybridized carbons (Fsp3) is 0.350. The molecule has 1 aliphatic rings. The average molecular weight is 368 g/mol. The Balaban J connectivity index is 1.74. The summed E-state index contributed by atoms with van der Waals surface area (Å²) in [7, 11) is 0. The summed E-state index contributed by atoms with van der Waals surface area (Å²) in [6.45, 7) is 5.67. The lowest BCUT2D eigenvalue weighted by Gasteiger charge is -2.30. The molecule has 7 heteroatoms. The largest absolute Gasteiger partial charge is 0.349 e. The Bertz CT molecular complexity index is 984. The molecule has 2 atom stereocenters. The van der Waals surface area contributed by atoms with E-state index < -0.39 is 0 Å². The Hall–Kier alpha value is -2.80. The Kier molecular flexibility index (Phi) is 4.61. The number of pyridine rings is 1. The van der Waals surface area contributed by atoms with Crippen LogP contribution in [0.2, 0.25) is 0 Å². The molecule has 0 spiro atoms. The van der Waals surface area contributed by atoms with Gasteiger partial charge in [-0.15, -0.1) is 0 Å². The summed E-state index contributed by atoms with van der Waals surface area (Å²) in [5.41, 5.74) is 2.65. The fourth-order valence-corrected chi connectivity index (χ4v) is 3.52. The monoisotopic (exact) mass is 368 g/mol. The van der Waals surface area contributed by atoms with Crippen molar-refractivity contribution in [2.75, 3.05) is 13.1 Å². The molecule has 0 bridgehead atoms. The van der Waals surface area contributed by atoms with Crippen molar-refractivity contribution < 1.29 is 13.7 Å². The maximum atomic E-state index is 13.2. The van der Waals surface area contributed by atoms with Gasteiger partial charge >= 0.3 is 0 Å². The standard InChI is InChI=1S/C20H21FN4O2/c1-11-10-22-8-7-16(11)23-19(26)15-9-17(13-3-5-14(21)6-4-13)24-20-18(15)12(2)25-27-20/h3-6,9,11,16,22H,7-8,10H2,1-2H3,(H,23,26). The molecule has 2 unspecified atom stereocenters. The van der Waals surface area contributed by atoms with E-state index >= 15 is 0 Å². The van der Waals surface area contributed by atoms with Crippen LogP contribution in [0.15, 0.2) is 34.9 Å². The second-order valence-electron chi connectivity index (χ2n) is 7.06. The van der Waals surface area contributed by atoms with Crippen molar-refractivity contribution in [1.29, 1.82) is 0 Å². The molecule has 1 aliphatic heterocycles. The number of hydrogen-bond acceptors (Lipinski definition) is 5. The van der Waals surface area contributed by atoms with E-state index in [0.717, 1.165) is 19.5 Å². The second-order valence-corrected chi connectivity index (χ2v) is 7.06. The zero-order valence-corrected chi connectivity index (χ0v) is 15.3. The van der Waals surface area contributed by atoms with Crippen LogP contribution in [0, 0.1) is 18.7 Å². The molecule has 4 rings (SSSR count). The number of hydrogen-bond donors (Lipinski definition) is 2. The number of halogens is 1. The third kappa shape index (κ3) is 3.42. The summed E-state index contributed by atoms with van der Waals surface area (Å²) in [5, 5.41) is 11.0. The van der Waals surface area contributed by atoms with Gasteiger partial charge in [0.25, 0.3) is 11.6 Å². The van der Waals surface area contributed by atoms with Gasteiger partial charge in [-0.2, -0.15) is 0 Å². The smallest absolute Gasteiger partial charge is 0.259 e. The van der Waals surface area contributed by atoms with Crippen LogP contribution in [-0.4, -0.2) is 35.2 Å². The molecule has 140 valence electrons. The fourth-order valence-electron chi connectivity index (χ4n) is 3.52. The number of aryl methyl sites for hydroxylation is 1. The third-order valence-corrected chi connectivity index (χ3v) is 5.10. The molecule has 3 heterocycles. The van der Waals surface area contributed by atoms with Gasteiger partial charge in [-0.1, -0.05) is 12.1 Å². The number of nitrogens with zero attached hydrogens (tertiary/aromatic N) is 2. The van der Waals surface area contributed by atoms with Crippen molar-refractivity contribution >= 4 is 17.0 Å². The molecule has 0 aliphatic carbocycles. The first-order valence-electron chi connectivity index (χ1n) is 9.07. The van der Waals surface area contributed by atoms with Crippen LogP contribution in [0.5, 0.6) is 0 Å². The van der Waals surface area contributed by atoms with Crippen molar-refractivity contribution in [1.82, 2.24) is 20.8 Å². The van der Waals surface area contributed by atoms with Gasteiger partial charge in [0.05, 0.1) is 22.3 Å². The molecule has 3 aromatic rings. The first-order chi connectivity index (χ1) is 13.0. The molecule has 1 aromatic carbocycles. The van der Waals surface area contributed by atoms with Gasteiger partial charge in [-0.05, 0) is 62.7 Å². The minimum atomic E-state index is -0.326. The molecule has 2 aromatic heterocycles. The van der Waals surface area contributed by atoms with Crippen molar-refractivity contribution in [3.63, 3.8) is 0 Å². The molecule has 1 saturated heterocycles. The molecule has 0 radical (unpaired) electrons. The van der Waals surface area contributed by atoms with Crippen LogP contribution in [0.3, 0.4) is 0 Å². The van der Waals surface area contributed by atoms with Crippen molar-refractivity contribution in [2.24, 2.45) is 5.92 Å². The van der Waals surface area contributed by atoms with E-state index in [-0.39, 0.29) is 17.8 Å². The predicted molar refractivity (Wildman–Crippen MR) is 99.8 cm³/mol. The number of amides is 1. The molecule has 6 nitrogen and oxygen atoms in total. The lowest BCUT2D eigenvalue weighted by atomic mass is 9.94. The normalized spacial score (nSPS) is 20.0. The summed E-state index contributed by atoms with van der Waals surface area (Å²) in [4.78, 5) is 17.5. The topological polar surface area (TPSA) is 80.0 Å². The van der Waals surface area contributed by atoms with E-state index in [0.29, 0.717) is 39.5 Å². The molecule has 27 heavy (non-hydrogen) atoms. The number of carbonyl (C=O) groups is 1. The Labute approximate surface area is 156 Å². The van der Waals surface area contributed by atoms with Crippen molar-refractivity contribution in [3.8, 4) is 11.3 Å². The minimum absolute atomic E-state index is 0.108. The number of aromatic nitrogens is 2. The average Bonchev–Trinajstić information content (AvgIpc) is 3.04. The van der Waals surface area contributed by atoms with Gasteiger partial charge in [0.15, 0.2) is 0 Å². The Morgan fingerprint density at radius 3 is 2.85 bits per heavy atom. The zero-order valence-electron chi connectivity index (χ0n) is 15.3. The highest BCUT2D eigenvalue weighted by Crippen LogP contribution is 2.27. The van der Waals surface area contributed by atoms with E-state index in [4.69, 9.17) is 4.52 Å². The van der Waals surface area contributed by atoms with Crippen LogP contribution in [0.1, 0.15) is 29.4 Å². The highest BCUT2D eigenvalue weighted by atomic mass is 19.1. The van der Waals surface area contributed by atoms with E-state index in [1.54, 1.807) is 25.1 Å². The highest BCUT2D eigenvalue weighted by Gasteiger charge is 2.25. The third-order valence-electron chi connectivity index (χ3n) is 5.10. The van der Waals surface area contributed by atoms with Crippen molar-refractivity contribution in [3.05, 3.63) is 47.4 Å². The Morgan fingerprint density at radius 1 is 1.33 bits per heavy atom. The molecule has 0 saturated carbocycles. The maximum Gasteiger partial charge on any atom is 0.259 e. The first-order valence-corrected chi connectivity index (χ1v) is 9.07. The van der Waals surface area contributed by atoms with Gasteiger partial charge in [-0.25, -0.2) is 9.37 Å². The van der Waals surface area contributed by atoms with Gasteiger partial charge < -0.3 is 15.2 Å². The predicted octanol–water partition coefficient (Wildman–Crippen LogP) is 3.07. The number of piperidine rings is 1. The van der Waals surface area contributed by atoms with Crippen LogP contribution in [0.25, 0.3) is 22.4 Å². The maximum absolute atomic E-state index is 13.2. The first kappa shape index (κ1) is 17.6.